The molecular weight excluding hydrogens is 468 g/mol. The van der Waals surface area contributed by atoms with Crippen LogP contribution in [-0.4, -0.2) is 18.0 Å². The normalized spacial score (nSPS) is 11.3. The van der Waals surface area contributed by atoms with Crippen LogP contribution in [0.4, 0.5) is 5.69 Å². The van der Waals surface area contributed by atoms with Crippen molar-refractivity contribution in [2.75, 3.05) is 4.72 Å². The molecular formula is C29H24N4O2S. The van der Waals surface area contributed by atoms with Crippen LogP contribution in [0, 0.1) is 11.3 Å². The first-order valence-electron chi connectivity index (χ1n) is 11.7. The van der Waals surface area contributed by atoms with Gasteiger partial charge < -0.3 is 4.57 Å². The van der Waals surface area contributed by atoms with Gasteiger partial charge in [0.05, 0.1) is 33.2 Å². The largest absolute Gasteiger partial charge is 0.324 e. The summed E-state index contributed by atoms with van der Waals surface area (Å²) in [6.07, 6.45) is 1.90. The van der Waals surface area contributed by atoms with Crippen LogP contribution in [0.5, 0.6) is 0 Å². The second-order valence-electron chi connectivity index (χ2n) is 8.49. The lowest BCUT2D eigenvalue weighted by Crippen LogP contribution is -2.12. The molecule has 5 aromatic rings. The van der Waals surface area contributed by atoms with E-state index in [0.717, 1.165) is 36.3 Å². The molecule has 0 aliphatic heterocycles. The van der Waals surface area contributed by atoms with Crippen LogP contribution in [0.1, 0.15) is 17.5 Å². The predicted octanol–water partition coefficient (Wildman–Crippen LogP) is 6.01. The van der Waals surface area contributed by atoms with Crippen molar-refractivity contribution in [3.8, 4) is 17.5 Å². The number of nitrogens with zero attached hydrogens (tertiary/aromatic N) is 3. The summed E-state index contributed by atoms with van der Waals surface area (Å²) in [5.74, 6) is 0.853. The third-order valence-corrected chi connectivity index (χ3v) is 7.41. The van der Waals surface area contributed by atoms with Gasteiger partial charge in [-0.1, -0.05) is 60.7 Å². The van der Waals surface area contributed by atoms with Gasteiger partial charge in [0, 0.05) is 12.1 Å². The minimum absolute atomic E-state index is 0.0954. The summed E-state index contributed by atoms with van der Waals surface area (Å²) < 4.78 is 30.6. The maximum atomic E-state index is 12.9. The molecule has 4 aromatic carbocycles. The number of benzene rings is 4. The van der Waals surface area contributed by atoms with Gasteiger partial charge >= 0.3 is 0 Å². The van der Waals surface area contributed by atoms with E-state index < -0.39 is 10.0 Å². The molecule has 0 bridgehead atoms. The zero-order valence-electron chi connectivity index (χ0n) is 19.5. The van der Waals surface area contributed by atoms with Crippen LogP contribution in [0.3, 0.4) is 0 Å². The van der Waals surface area contributed by atoms with Crippen LogP contribution < -0.4 is 4.72 Å². The molecule has 0 amide bonds. The molecule has 7 heteroatoms. The third kappa shape index (κ3) is 4.99. The summed E-state index contributed by atoms with van der Waals surface area (Å²) in [7, 11) is -3.80. The molecule has 0 aliphatic rings. The first-order chi connectivity index (χ1) is 17.5. The van der Waals surface area contributed by atoms with Crippen molar-refractivity contribution in [2.24, 2.45) is 0 Å². The van der Waals surface area contributed by atoms with Gasteiger partial charge in [-0.25, -0.2) is 13.4 Å². The highest BCUT2D eigenvalue weighted by Crippen LogP contribution is 2.28. The zero-order valence-corrected chi connectivity index (χ0v) is 20.3. The number of anilines is 1. The standard InChI is InChI=1S/C29H24N4O2S/c30-21-23-13-16-26(17-14-23)36(34,35)32-25-15-18-28-27(20-25)31-29(24-11-5-2-6-12-24)33(28)19-7-10-22-8-3-1-4-9-22/h1-6,8-9,11-18,20,32H,7,10,19H2. The van der Waals surface area contributed by atoms with E-state index in [0.29, 0.717) is 16.8 Å². The van der Waals surface area contributed by atoms with Crippen molar-refractivity contribution in [1.29, 1.82) is 5.26 Å². The second kappa shape index (κ2) is 10.1. The SMILES string of the molecule is N#Cc1ccc(S(=O)(=O)Nc2ccc3c(c2)nc(-c2ccccc2)n3CCCc2ccccc2)cc1. The summed E-state index contributed by atoms with van der Waals surface area (Å²) in [4.78, 5) is 4.98. The van der Waals surface area contributed by atoms with Gasteiger partial charge in [0.15, 0.2) is 0 Å². The molecule has 0 saturated heterocycles. The number of nitriles is 1. The molecule has 178 valence electrons. The smallest absolute Gasteiger partial charge is 0.261 e. The molecule has 1 aromatic heterocycles. The lowest BCUT2D eigenvalue weighted by atomic mass is 10.1. The van der Waals surface area contributed by atoms with Crippen LogP contribution in [0.25, 0.3) is 22.4 Å². The summed E-state index contributed by atoms with van der Waals surface area (Å²) in [6.45, 7) is 0.784. The summed E-state index contributed by atoms with van der Waals surface area (Å²) in [5.41, 5.74) is 4.80. The van der Waals surface area contributed by atoms with E-state index in [9.17, 15) is 8.42 Å². The highest BCUT2D eigenvalue weighted by Gasteiger charge is 2.17. The minimum Gasteiger partial charge on any atom is -0.324 e. The number of hydrogen-bond acceptors (Lipinski definition) is 4. The van der Waals surface area contributed by atoms with Gasteiger partial charge in [-0.15, -0.1) is 0 Å². The van der Waals surface area contributed by atoms with Crippen molar-refractivity contribution in [3.05, 3.63) is 114 Å². The number of sulfonamides is 1. The number of fused-ring (bicyclic) bond motifs is 1. The monoisotopic (exact) mass is 492 g/mol. The average Bonchev–Trinajstić information content (AvgIpc) is 3.27. The summed E-state index contributed by atoms with van der Waals surface area (Å²) >= 11 is 0. The molecule has 0 atom stereocenters. The lowest BCUT2D eigenvalue weighted by molar-refractivity contribution is 0.601. The molecule has 1 heterocycles. The van der Waals surface area contributed by atoms with E-state index in [1.807, 2.05) is 48.5 Å². The highest BCUT2D eigenvalue weighted by molar-refractivity contribution is 7.92. The van der Waals surface area contributed by atoms with E-state index in [-0.39, 0.29) is 4.90 Å². The fourth-order valence-electron chi connectivity index (χ4n) is 4.24. The van der Waals surface area contributed by atoms with Crippen LogP contribution in [0.2, 0.25) is 0 Å². The Balaban J connectivity index is 1.45. The molecule has 6 nitrogen and oxygen atoms in total. The predicted molar refractivity (Wildman–Crippen MR) is 142 cm³/mol. The Morgan fingerprint density at radius 3 is 2.25 bits per heavy atom. The zero-order chi connectivity index (χ0) is 25.0. The lowest BCUT2D eigenvalue weighted by Gasteiger charge is -2.11. The summed E-state index contributed by atoms with van der Waals surface area (Å²) in [5, 5.41) is 8.96. The average molecular weight is 493 g/mol. The maximum absolute atomic E-state index is 12.9. The van der Waals surface area contributed by atoms with Crippen molar-refractivity contribution in [2.45, 2.75) is 24.3 Å². The second-order valence-corrected chi connectivity index (χ2v) is 10.2. The number of imidazole rings is 1. The Bertz CT molecular complexity index is 1640. The van der Waals surface area contributed by atoms with E-state index in [1.54, 1.807) is 12.1 Å². The Labute approximate surface area is 210 Å². The number of rotatable bonds is 8. The van der Waals surface area contributed by atoms with Gasteiger partial charge in [0.25, 0.3) is 10.0 Å². The van der Waals surface area contributed by atoms with Crippen LogP contribution in [-0.2, 0) is 23.0 Å². The molecule has 0 unspecified atom stereocenters. The van der Waals surface area contributed by atoms with E-state index in [4.69, 9.17) is 10.2 Å². The Morgan fingerprint density at radius 2 is 1.56 bits per heavy atom. The van der Waals surface area contributed by atoms with Gasteiger partial charge in [-0.05, 0) is 60.9 Å². The van der Waals surface area contributed by atoms with Crippen LogP contribution >= 0.6 is 0 Å². The molecule has 0 fully saturated rings. The maximum Gasteiger partial charge on any atom is 0.261 e. The molecule has 36 heavy (non-hydrogen) atoms. The van der Waals surface area contributed by atoms with E-state index in [2.05, 4.69) is 33.6 Å². The summed E-state index contributed by atoms with van der Waals surface area (Å²) in [6, 6.07) is 33.7. The van der Waals surface area contributed by atoms with Crippen molar-refractivity contribution in [3.63, 3.8) is 0 Å². The molecule has 0 spiro atoms. The number of nitrogens with one attached hydrogen (secondary N) is 1. The number of aromatic nitrogens is 2. The highest BCUT2D eigenvalue weighted by atomic mass is 32.2. The molecule has 0 saturated carbocycles. The molecule has 0 radical (unpaired) electrons. The Hall–Kier alpha value is -4.41. The first-order valence-corrected chi connectivity index (χ1v) is 13.1. The van der Waals surface area contributed by atoms with Crippen LogP contribution in [0.15, 0.2) is 108 Å². The fraction of sp³-hybridized carbons (Fsp3) is 0.103. The fourth-order valence-corrected chi connectivity index (χ4v) is 5.29. The van der Waals surface area contributed by atoms with Gasteiger partial charge in [0.2, 0.25) is 0 Å². The quantitative estimate of drug-likeness (QED) is 0.287. The number of aryl methyl sites for hydroxylation is 2. The van der Waals surface area contributed by atoms with Crippen molar-refractivity contribution >= 4 is 26.7 Å². The Morgan fingerprint density at radius 1 is 0.861 bits per heavy atom. The minimum atomic E-state index is -3.80. The molecule has 5 rings (SSSR count). The van der Waals surface area contributed by atoms with Crippen molar-refractivity contribution < 1.29 is 8.42 Å². The van der Waals surface area contributed by atoms with Gasteiger partial charge in [-0.2, -0.15) is 5.26 Å². The molecule has 0 aliphatic carbocycles. The molecule has 1 N–H and O–H groups in total. The van der Waals surface area contributed by atoms with Gasteiger partial charge in [0.1, 0.15) is 5.82 Å². The topological polar surface area (TPSA) is 87.8 Å². The van der Waals surface area contributed by atoms with E-state index >= 15 is 0 Å². The number of hydrogen-bond donors (Lipinski definition) is 1. The third-order valence-electron chi connectivity index (χ3n) is 6.02. The van der Waals surface area contributed by atoms with Gasteiger partial charge in [-0.3, -0.25) is 4.72 Å². The van der Waals surface area contributed by atoms with Crippen molar-refractivity contribution in [1.82, 2.24) is 9.55 Å². The first kappa shape index (κ1) is 23.3. The Kier molecular flexibility index (Phi) is 6.52. The van der Waals surface area contributed by atoms with E-state index in [1.165, 1.54) is 29.8 Å².